The van der Waals surface area contributed by atoms with Gasteiger partial charge >= 0.3 is 0 Å². The van der Waals surface area contributed by atoms with Crippen molar-refractivity contribution in [2.75, 3.05) is 0 Å². The molecule has 1 nitrogen and oxygen atoms in total. The third-order valence-electron chi connectivity index (χ3n) is 12.6. The molecule has 56 heavy (non-hydrogen) atoms. The third-order valence-corrected chi connectivity index (χ3v) is 12.6. The molecule has 12 rings (SSSR count). The maximum Gasteiger partial charge on any atom is 0.136 e. The maximum atomic E-state index is 6.56. The van der Waals surface area contributed by atoms with Crippen LogP contribution >= 0.6 is 0 Å². The second-order valence-electron chi connectivity index (χ2n) is 16.0. The van der Waals surface area contributed by atoms with Gasteiger partial charge in [0.25, 0.3) is 0 Å². The van der Waals surface area contributed by atoms with Gasteiger partial charge in [0.2, 0.25) is 0 Å². The van der Waals surface area contributed by atoms with Crippen molar-refractivity contribution in [2.45, 2.75) is 19.3 Å². The lowest BCUT2D eigenvalue weighted by molar-refractivity contribution is 0.647. The van der Waals surface area contributed by atoms with Gasteiger partial charge in [-0.1, -0.05) is 159 Å². The van der Waals surface area contributed by atoms with Crippen molar-refractivity contribution < 1.29 is 4.42 Å². The van der Waals surface area contributed by atoms with Crippen LogP contribution in [0.1, 0.15) is 25.0 Å². The first-order valence-electron chi connectivity index (χ1n) is 19.6. The van der Waals surface area contributed by atoms with Gasteiger partial charge in [-0.15, -0.1) is 0 Å². The number of benzene rings is 10. The van der Waals surface area contributed by atoms with Gasteiger partial charge in [0, 0.05) is 16.2 Å². The van der Waals surface area contributed by atoms with Gasteiger partial charge in [-0.2, -0.15) is 0 Å². The Kier molecular flexibility index (Phi) is 6.46. The van der Waals surface area contributed by atoms with Crippen LogP contribution in [0.4, 0.5) is 0 Å². The number of hydrogen-bond acceptors (Lipinski definition) is 1. The van der Waals surface area contributed by atoms with E-state index in [9.17, 15) is 0 Å². The molecule has 0 atom stereocenters. The second kappa shape index (κ2) is 11.5. The normalized spacial score (nSPS) is 13.3. The largest absolute Gasteiger partial charge is 0.456 e. The van der Waals surface area contributed by atoms with E-state index in [0.717, 1.165) is 11.2 Å². The molecule has 0 radical (unpaired) electrons. The Balaban J connectivity index is 1.06. The smallest absolute Gasteiger partial charge is 0.136 e. The summed E-state index contributed by atoms with van der Waals surface area (Å²) in [6, 6.07) is 67.2. The molecule has 0 bridgehead atoms. The summed E-state index contributed by atoms with van der Waals surface area (Å²) in [7, 11) is 0. The fourth-order valence-corrected chi connectivity index (χ4v) is 9.91. The van der Waals surface area contributed by atoms with E-state index in [1.807, 2.05) is 0 Å². The van der Waals surface area contributed by atoms with Gasteiger partial charge in [0.1, 0.15) is 11.2 Å². The van der Waals surface area contributed by atoms with Crippen molar-refractivity contribution in [3.63, 3.8) is 0 Å². The van der Waals surface area contributed by atoms with Crippen LogP contribution in [0.3, 0.4) is 0 Å². The SMILES string of the molecule is CC1(C)c2ccc(-c3c4ccccc4c(-c4ccc5cc(-c6ccccc6)ccc5c4)c4ccccc34)cc2-c2cc3c(cc21)oc1ccc2ccccc2c13. The Labute approximate surface area is 325 Å². The molecule has 1 heterocycles. The third kappa shape index (κ3) is 4.43. The zero-order chi connectivity index (χ0) is 37.1. The van der Waals surface area contributed by atoms with Crippen molar-refractivity contribution in [1.82, 2.24) is 0 Å². The molecule has 0 spiro atoms. The zero-order valence-corrected chi connectivity index (χ0v) is 31.2. The topological polar surface area (TPSA) is 13.1 Å². The molecule has 0 unspecified atom stereocenters. The second-order valence-corrected chi connectivity index (χ2v) is 16.0. The quantitative estimate of drug-likeness (QED) is 0.166. The van der Waals surface area contributed by atoms with Crippen molar-refractivity contribution in [3.8, 4) is 44.5 Å². The molecule has 0 saturated heterocycles. The molecule has 10 aromatic carbocycles. The van der Waals surface area contributed by atoms with Crippen LogP contribution in [0.5, 0.6) is 0 Å². The Morgan fingerprint density at radius 1 is 0.339 bits per heavy atom. The maximum absolute atomic E-state index is 6.56. The molecule has 0 saturated carbocycles. The first-order valence-corrected chi connectivity index (χ1v) is 19.6. The Bertz CT molecular complexity index is 3380. The Morgan fingerprint density at radius 3 is 1.57 bits per heavy atom. The fourth-order valence-electron chi connectivity index (χ4n) is 9.91. The van der Waals surface area contributed by atoms with E-state index in [1.54, 1.807) is 0 Å². The highest BCUT2D eigenvalue weighted by Crippen LogP contribution is 2.53. The molecule has 0 N–H and O–H groups in total. The van der Waals surface area contributed by atoms with Crippen LogP contribution in [0.25, 0.3) is 110 Å². The standard InChI is InChI=1S/C55H36O/c1-55(2)48-26-24-39(30-45(48)46-31-47-51(32-49(46)55)56-50-27-25-34-14-6-7-15-40(34)54(47)50)53-43-18-10-8-16-41(43)52(42-17-9-11-19-44(42)53)38-23-22-36-28-35(20-21-37(36)29-38)33-12-4-3-5-13-33/h3-32H,1-2H3. The van der Waals surface area contributed by atoms with E-state index in [-0.39, 0.29) is 5.41 Å². The van der Waals surface area contributed by atoms with Crippen LogP contribution < -0.4 is 0 Å². The molecule has 1 aliphatic rings. The van der Waals surface area contributed by atoms with Gasteiger partial charge < -0.3 is 4.42 Å². The highest BCUT2D eigenvalue weighted by Gasteiger charge is 2.37. The lowest BCUT2D eigenvalue weighted by Crippen LogP contribution is -2.14. The van der Waals surface area contributed by atoms with E-state index in [2.05, 4.69) is 196 Å². The lowest BCUT2D eigenvalue weighted by Gasteiger charge is -2.22. The number of furan rings is 1. The molecule has 262 valence electrons. The zero-order valence-electron chi connectivity index (χ0n) is 31.2. The summed E-state index contributed by atoms with van der Waals surface area (Å²) in [6.07, 6.45) is 0. The number of fused-ring (bicyclic) bond motifs is 11. The minimum absolute atomic E-state index is 0.162. The van der Waals surface area contributed by atoms with E-state index < -0.39 is 0 Å². The van der Waals surface area contributed by atoms with Crippen molar-refractivity contribution in [1.29, 1.82) is 0 Å². The molecule has 1 heteroatoms. The molecule has 11 aromatic rings. The molecule has 1 aromatic heterocycles. The predicted molar refractivity (Wildman–Crippen MR) is 238 cm³/mol. The van der Waals surface area contributed by atoms with Crippen LogP contribution in [0.2, 0.25) is 0 Å². The molecule has 1 aliphatic carbocycles. The van der Waals surface area contributed by atoms with Gasteiger partial charge in [-0.05, 0) is 135 Å². The Morgan fingerprint density at radius 2 is 0.875 bits per heavy atom. The van der Waals surface area contributed by atoms with E-state index in [4.69, 9.17) is 4.42 Å². The molecule has 0 amide bonds. The van der Waals surface area contributed by atoms with Crippen LogP contribution in [0, 0.1) is 0 Å². The first-order chi connectivity index (χ1) is 27.5. The average molecular weight is 713 g/mol. The summed E-state index contributed by atoms with van der Waals surface area (Å²) in [6.45, 7) is 4.71. The van der Waals surface area contributed by atoms with Crippen LogP contribution in [0.15, 0.2) is 186 Å². The van der Waals surface area contributed by atoms with Crippen LogP contribution in [-0.4, -0.2) is 0 Å². The number of rotatable bonds is 3. The van der Waals surface area contributed by atoms with Crippen molar-refractivity contribution >= 4 is 65.0 Å². The first kappa shape index (κ1) is 31.4. The summed E-state index contributed by atoms with van der Waals surface area (Å²) >= 11 is 0. The highest BCUT2D eigenvalue weighted by molar-refractivity contribution is 6.23. The summed E-state index contributed by atoms with van der Waals surface area (Å²) < 4.78 is 6.56. The van der Waals surface area contributed by atoms with Crippen molar-refractivity contribution in [2.24, 2.45) is 0 Å². The summed E-state index contributed by atoms with van der Waals surface area (Å²) in [5.41, 5.74) is 14.5. The highest BCUT2D eigenvalue weighted by atomic mass is 16.3. The molecular formula is C55H36O. The predicted octanol–water partition coefficient (Wildman–Crippen LogP) is 15.5. The minimum Gasteiger partial charge on any atom is -0.456 e. The van der Waals surface area contributed by atoms with Gasteiger partial charge in [0.15, 0.2) is 0 Å². The molecular weight excluding hydrogens is 677 g/mol. The summed E-state index contributed by atoms with van der Waals surface area (Å²) in [5.74, 6) is 0. The monoisotopic (exact) mass is 712 g/mol. The summed E-state index contributed by atoms with van der Waals surface area (Å²) in [5, 5.41) is 12.4. The summed E-state index contributed by atoms with van der Waals surface area (Å²) in [4.78, 5) is 0. The van der Waals surface area contributed by atoms with Crippen molar-refractivity contribution in [3.05, 3.63) is 193 Å². The van der Waals surface area contributed by atoms with Gasteiger partial charge in [-0.3, -0.25) is 0 Å². The van der Waals surface area contributed by atoms with Gasteiger partial charge in [0.05, 0.1) is 0 Å². The lowest BCUT2D eigenvalue weighted by atomic mass is 9.81. The number of hydrogen-bond donors (Lipinski definition) is 0. The van der Waals surface area contributed by atoms with E-state index in [1.165, 1.54) is 109 Å². The van der Waals surface area contributed by atoms with Gasteiger partial charge in [-0.25, -0.2) is 0 Å². The molecule has 0 aliphatic heterocycles. The average Bonchev–Trinajstić information content (AvgIpc) is 3.72. The fraction of sp³-hybridized carbons (Fsp3) is 0.0545. The van der Waals surface area contributed by atoms with E-state index >= 15 is 0 Å². The molecule has 0 fully saturated rings. The van der Waals surface area contributed by atoms with E-state index in [0.29, 0.717) is 0 Å². The Hall–Kier alpha value is -6.96. The minimum atomic E-state index is -0.162. The van der Waals surface area contributed by atoms with Crippen LogP contribution in [-0.2, 0) is 5.41 Å².